The zero-order valence-corrected chi connectivity index (χ0v) is 11.1. The molecule has 3 nitrogen and oxygen atoms in total. The molecule has 0 saturated carbocycles. The number of halogens is 1. The molecule has 0 saturated heterocycles. The molecule has 1 atom stereocenters. The minimum Gasteiger partial charge on any atom is -0.466 e. The second kappa shape index (κ2) is 7.11. The molecule has 0 bridgehead atoms. The number of esters is 1. The smallest absolute Gasteiger partial charge is 0.307 e. The van der Waals surface area contributed by atoms with Gasteiger partial charge in [-0.05, 0) is 38.0 Å². The summed E-state index contributed by atoms with van der Waals surface area (Å²) in [6.45, 7) is 6.38. The van der Waals surface area contributed by atoms with Gasteiger partial charge in [0.15, 0.2) is 0 Å². The van der Waals surface area contributed by atoms with E-state index in [-0.39, 0.29) is 17.8 Å². The van der Waals surface area contributed by atoms with Crippen molar-refractivity contribution in [1.82, 2.24) is 5.32 Å². The third-order valence-electron chi connectivity index (χ3n) is 2.78. The quantitative estimate of drug-likeness (QED) is 0.792. The molecule has 0 aromatic heterocycles. The molecule has 1 unspecified atom stereocenters. The Morgan fingerprint density at radius 1 is 1.50 bits per heavy atom. The lowest BCUT2D eigenvalue weighted by atomic mass is 10.1. The Hall–Kier alpha value is -1.42. The Kier molecular flexibility index (Phi) is 5.78. The van der Waals surface area contributed by atoms with E-state index in [9.17, 15) is 9.18 Å². The van der Waals surface area contributed by atoms with Crippen molar-refractivity contribution in [2.75, 3.05) is 13.2 Å². The van der Waals surface area contributed by atoms with Crippen LogP contribution in [0.4, 0.5) is 4.39 Å². The minimum atomic E-state index is -0.215. The van der Waals surface area contributed by atoms with E-state index in [2.05, 4.69) is 5.32 Å². The third kappa shape index (κ3) is 4.45. The van der Waals surface area contributed by atoms with Crippen molar-refractivity contribution >= 4 is 5.97 Å². The summed E-state index contributed by atoms with van der Waals surface area (Å²) in [6.07, 6.45) is 0.326. The molecule has 1 aromatic rings. The van der Waals surface area contributed by atoms with Gasteiger partial charge in [0, 0.05) is 12.6 Å². The lowest BCUT2D eigenvalue weighted by molar-refractivity contribution is -0.143. The molecule has 0 aliphatic heterocycles. The Morgan fingerprint density at radius 3 is 2.83 bits per heavy atom. The number of hydrogen-bond acceptors (Lipinski definition) is 3. The predicted molar refractivity (Wildman–Crippen MR) is 68.8 cm³/mol. The Bertz CT molecular complexity index is 407. The van der Waals surface area contributed by atoms with Gasteiger partial charge in [0.25, 0.3) is 0 Å². The summed E-state index contributed by atoms with van der Waals surface area (Å²) in [5, 5.41) is 3.17. The number of benzene rings is 1. The van der Waals surface area contributed by atoms with Crippen LogP contribution in [-0.4, -0.2) is 19.1 Å². The van der Waals surface area contributed by atoms with Gasteiger partial charge >= 0.3 is 5.97 Å². The number of aryl methyl sites for hydroxylation is 1. The highest BCUT2D eigenvalue weighted by Crippen LogP contribution is 2.16. The van der Waals surface area contributed by atoms with Crippen molar-refractivity contribution < 1.29 is 13.9 Å². The number of carbonyl (C=O) groups excluding carboxylic acids is 1. The number of nitrogens with one attached hydrogen (secondary N) is 1. The van der Waals surface area contributed by atoms with E-state index >= 15 is 0 Å². The van der Waals surface area contributed by atoms with Gasteiger partial charge in [0.1, 0.15) is 5.82 Å². The predicted octanol–water partition coefficient (Wildman–Crippen LogP) is 2.74. The molecule has 1 aromatic carbocycles. The summed E-state index contributed by atoms with van der Waals surface area (Å²) in [6, 6.07) is 5.18. The van der Waals surface area contributed by atoms with Crippen molar-refractivity contribution in [2.24, 2.45) is 0 Å². The van der Waals surface area contributed by atoms with Crippen LogP contribution in [0.15, 0.2) is 18.2 Å². The first kappa shape index (κ1) is 14.6. The van der Waals surface area contributed by atoms with Gasteiger partial charge in [-0.15, -0.1) is 0 Å². The molecule has 0 heterocycles. The molecular weight excluding hydrogens is 233 g/mol. The highest BCUT2D eigenvalue weighted by atomic mass is 19.1. The maximum absolute atomic E-state index is 13.4. The molecule has 0 radical (unpaired) electrons. The molecule has 100 valence electrons. The summed E-state index contributed by atoms with van der Waals surface area (Å²) < 4.78 is 18.2. The second-order valence-corrected chi connectivity index (χ2v) is 4.24. The standard InChI is InChI=1S/C14H20FNO2/c1-4-18-14(17)7-8-16-11(3)12-6-5-10(2)13(15)9-12/h5-6,9,11,16H,4,7-8H2,1-3H3. The Balaban J connectivity index is 2.43. The van der Waals surface area contributed by atoms with Crippen LogP contribution in [0, 0.1) is 12.7 Å². The first-order valence-corrected chi connectivity index (χ1v) is 6.19. The van der Waals surface area contributed by atoms with Gasteiger partial charge in [-0.25, -0.2) is 4.39 Å². The van der Waals surface area contributed by atoms with Crippen molar-refractivity contribution in [1.29, 1.82) is 0 Å². The Labute approximate surface area is 107 Å². The van der Waals surface area contributed by atoms with Crippen molar-refractivity contribution in [3.05, 3.63) is 35.1 Å². The van der Waals surface area contributed by atoms with Gasteiger partial charge in [-0.2, -0.15) is 0 Å². The first-order chi connectivity index (χ1) is 8.54. The zero-order valence-electron chi connectivity index (χ0n) is 11.1. The van der Waals surface area contributed by atoms with Crippen LogP contribution in [-0.2, 0) is 9.53 Å². The molecule has 1 rings (SSSR count). The summed E-state index contributed by atoms with van der Waals surface area (Å²) in [7, 11) is 0. The highest BCUT2D eigenvalue weighted by molar-refractivity contribution is 5.69. The number of carbonyl (C=O) groups is 1. The number of hydrogen-bond donors (Lipinski definition) is 1. The topological polar surface area (TPSA) is 38.3 Å². The van der Waals surface area contributed by atoms with Crippen LogP contribution >= 0.6 is 0 Å². The van der Waals surface area contributed by atoms with Gasteiger partial charge in [-0.3, -0.25) is 4.79 Å². The molecule has 0 aliphatic rings. The second-order valence-electron chi connectivity index (χ2n) is 4.24. The normalized spacial score (nSPS) is 12.2. The number of ether oxygens (including phenoxy) is 1. The SMILES string of the molecule is CCOC(=O)CCNC(C)c1ccc(C)c(F)c1. The molecule has 0 aliphatic carbocycles. The fourth-order valence-corrected chi connectivity index (χ4v) is 1.62. The van der Waals surface area contributed by atoms with E-state index in [4.69, 9.17) is 4.74 Å². The van der Waals surface area contributed by atoms with Crippen LogP contribution < -0.4 is 5.32 Å². The van der Waals surface area contributed by atoms with Crippen molar-refractivity contribution in [3.63, 3.8) is 0 Å². The molecule has 0 amide bonds. The van der Waals surface area contributed by atoms with Gasteiger partial charge in [-0.1, -0.05) is 12.1 Å². The minimum absolute atomic E-state index is 0.00882. The highest BCUT2D eigenvalue weighted by Gasteiger charge is 2.08. The van der Waals surface area contributed by atoms with E-state index in [0.717, 1.165) is 5.56 Å². The summed E-state index contributed by atoms with van der Waals surface area (Å²) in [5.74, 6) is -0.418. The van der Waals surface area contributed by atoms with Crippen LogP contribution in [0.5, 0.6) is 0 Å². The monoisotopic (exact) mass is 253 g/mol. The van der Waals surface area contributed by atoms with Gasteiger partial charge < -0.3 is 10.1 Å². The lowest BCUT2D eigenvalue weighted by Gasteiger charge is -2.14. The van der Waals surface area contributed by atoms with Crippen molar-refractivity contribution in [2.45, 2.75) is 33.2 Å². The molecule has 0 spiro atoms. The average molecular weight is 253 g/mol. The summed E-state index contributed by atoms with van der Waals surface area (Å²) in [5.41, 5.74) is 1.51. The molecule has 4 heteroatoms. The van der Waals surface area contributed by atoms with Gasteiger partial charge in [0.05, 0.1) is 13.0 Å². The number of rotatable bonds is 6. The fourth-order valence-electron chi connectivity index (χ4n) is 1.62. The molecule has 0 fully saturated rings. The summed E-state index contributed by atoms with van der Waals surface area (Å²) >= 11 is 0. The average Bonchev–Trinajstić information content (AvgIpc) is 2.33. The van der Waals surface area contributed by atoms with Crippen LogP contribution in [0.2, 0.25) is 0 Å². The van der Waals surface area contributed by atoms with E-state index in [1.54, 1.807) is 19.9 Å². The largest absolute Gasteiger partial charge is 0.466 e. The summed E-state index contributed by atoms with van der Waals surface area (Å²) in [4.78, 5) is 11.1. The van der Waals surface area contributed by atoms with Gasteiger partial charge in [0.2, 0.25) is 0 Å². The van der Waals surface area contributed by atoms with Crippen LogP contribution in [0.25, 0.3) is 0 Å². The van der Waals surface area contributed by atoms with E-state index in [1.165, 1.54) is 6.07 Å². The maximum atomic E-state index is 13.4. The maximum Gasteiger partial charge on any atom is 0.307 e. The fraction of sp³-hybridized carbons (Fsp3) is 0.500. The van der Waals surface area contributed by atoms with Crippen LogP contribution in [0.3, 0.4) is 0 Å². The van der Waals surface area contributed by atoms with E-state index in [1.807, 2.05) is 13.0 Å². The van der Waals surface area contributed by atoms with E-state index in [0.29, 0.717) is 25.1 Å². The van der Waals surface area contributed by atoms with E-state index < -0.39 is 0 Å². The molecule has 1 N–H and O–H groups in total. The molecule has 18 heavy (non-hydrogen) atoms. The lowest BCUT2D eigenvalue weighted by Crippen LogP contribution is -2.22. The van der Waals surface area contributed by atoms with Crippen LogP contribution in [0.1, 0.15) is 37.4 Å². The zero-order chi connectivity index (χ0) is 13.5. The first-order valence-electron chi connectivity index (χ1n) is 6.19. The molecular formula is C14H20FNO2. The third-order valence-corrected chi connectivity index (χ3v) is 2.78. The van der Waals surface area contributed by atoms with Crippen molar-refractivity contribution in [3.8, 4) is 0 Å². The Morgan fingerprint density at radius 2 is 2.22 bits per heavy atom.